The number of aromatic hydroxyl groups is 2. The second kappa shape index (κ2) is 26.3. The van der Waals surface area contributed by atoms with E-state index >= 15 is 0 Å². The molecule has 0 spiro atoms. The van der Waals surface area contributed by atoms with Crippen LogP contribution in [-0.4, -0.2) is 48.7 Å². The largest absolute Gasteiger partial charge is 0.507 e. The monoisotopic (exact) mass is 934 g/mol. The van der Waals surface area contributed by atoms with Gasteiger partial charge in [-0.15, -0.1) is 0 Å². The number of fused-ring (bicyclic) bond motifs is 8. The van der Waals surface area contributed by atoms with Crippen LogP contribution in [0.4, 0.5) is 0 Å². The molecule has 2 atom stereocenters. The van der Waals surface area contributed by atoms with Gasteiger partial charge < -0.3 is 40.6 Å². The fourth-order valence-electron chi connectivity index (χ4n) is 8.42. The third-order valence-corrected chi connectivity index (χ3v) is 11.8. The first-order chi connectivity index (χ1) is 34.2. The van der Waals surface area contributed by atoms with Crippen LogP contribution in [0, 0.1) is 0 Å². The van der Waals surface area contributed by atoms with Gasteiger partial charge in [-0.3, -0.25) is 0 Å². The third kappa shape index (κ3) is 15.2. The van der Waals surface area contributed by atoms with Gasteiger partial charge in [0.2, 0.25) is 0 Å². The zero-order valence-electron chi connectivity index (χ0n) is 40.4. The molecule has 4 bridgehead atoms. The number of ether oxygens (including phenoxy) is 4. The Balaban J connectivity index is 0.000000298. The topological polar surface area (TPSA) is 129 Å². The van der Waals surface area contributed by atoms with Gasteiger partial charge in [-0.25, -0.2) is 0 Å². The predicted molar refractivity (Wildman–Crippen MR) is 283 cm³/mol. The quantitative estimate of drug-likeness (QED) is 0.137. The van der Waals surface area contributed by atoms with Crippen molar-refractivity contribution in [3.05, 3.63) is 250 Å². The zero-order chi connectivity index (χ0) is 48.9. The lowest BCUT2D eigenvalue weighted by atomic mass is 9.97. The highest BCUT2D eigenvalue weighted by Crippen LogP contribution is 2.34. The SMILES string of the molecule is C[C@@H](N)Cc1ccccc1.C[C@H](N)Cc1ccccc1.Oc1c2cccc1Cc1ccccc1OCCOc1ccccc1Cc1cccc(c1O)Cc1ccccc1OCCOc1ccccc1C2. The summed E-state index contributed by atoms with van der Waals surface area (Å²) in [6.07, 6.45) is 4.00. The number of hydrogen-bond donors (Lipinski definition) is 4. The first-order valence-electron chi connectivity index (χ1n) is 24.2. The highest BCUT2D eigenvalue weighted by Gasteiger charge is 2.16. The summed E-state index contributed by atoms with van der Waals surface area (Å²) in [6.45, 7) is 5.42. The molecule has 0 aromatic heterocycles. The van der Waals surface area contributed by atoms with Crippen molar-refractivity contribution in [3.63, 3.8) is 0 Å². The third-order valence-electron chi connectivity index (χ3n) is 11.8. The van der Waals surface area contributed by atoms with E-state index in [9.17, 15) is 10.2 Å². The van der Waals surface area contributed by atoms with Crippen molar-refractivity contribution >= 4 is 0 Å². The molecule has 70 heavy (non-hydrogen) atoms. The zero-order valence-corrected chi connectivity index (χ0v) is 40.4. The molecule has 8 aromatic carbocycles. The Morgan fingerprint density at radius 3 is 0.814 bits per heavy atom. The van der Waals surface area contributed by atoms with E-state index in [1.165, 1.54) is 11.1 Å². The van der Waals surface area contributed by atoms with Crippen molar-refractivity contribution in [2.45, 2.75) is 64.5 Å². The van der Waals surface area contributed by atoms with Crippen molar-refractivity contribution in [1.29, 1.82) is 0 Å². The van der Waals surface area contributed by atoms with Crippen LogP contribution in [0.25, 0.3) is 0 Å². The van der Waals surface area contributed by atoms with Gasteiger partial charge in [0.15, 0.2) is 0 Å². The molecule has 0 unspecified atom stereocenters. The second-order valence-electron chi connectivity index (χ2n) is 17.7. The van der Waals surface area contributed by atoms with E-state index in [0.29, 0.717) is 52.1 Å². The van der Waals surface area contributed by atoms with Gasteiger partial charge in [-0.05, 0) is 107 Å². The lowest BCUT2D eigenvalue weighted by Gasteiger charge is -2.17. The van der Waals surface area contributed by atoms with E-state index in [1.807, 2.05) is 184 Å². The Morgan fingerprint density at radius 2 is 0.557 bits per heavy atom. The van der Waals surface area contributed by atoms with Crippen molar-refractivity contribution in [3.8, 4) is 34.5 Å². The number of phenols is 2. The van der Waals surface area contributed by atoms with Crippen molar-refractivity contribution in [1.82, 2.24) is 0 Å². The Morgan fingerprint density at radius 1 is 0.329 bits per heavy atom. The summed E-state index contributed by atoms with van der Waals surface area (Å²) in [5, 5.41) is 22.8. The molecule has 360 valence electrons. The van der Waals surface area contributed by atoms with Gasteiger partial charge in [0, 0.05) is 37.8 Å². The van der Waals surface area contributed by atoms with Gasteiger partial charge in [-0.1, -0.05) is 170 Å². The van der Waals surface area contributed by atoms with E-state index in [-0.39, 0.29) is 23.6 Å². The number of benzene rings is 8. The smallest absolute Gasteiger partial charge is 0.123 e. The van der Waals surface area contributed by atoms with Gasteiger partial charge in [0.05, 0.1) is 0 Å². The minimum Gasteiger partial charge on any atom is -0.507 e. The number of nitrogens with two attached hydrogens (primary N) is 2. The molecule has 0 saturated carbocycles. The minimum atomic E-state index is 0.266. The number of phenolic OH excluding ortho intramolecular Hbond substituents is 2. The van der Waals surface area contributed by atoms with Crippen molar-refractivity contribution in [2.24, 2.45) is 11.5 Å². The minimum absolute atomic E-state index is 0.266. The number of rotatable bonds is 4. The summed E-state index contributed by atoms with van der Waals surface area (Å²) >= 11 is 0. The molecule has 0 radical (unpaired) electrons. The summed E-state index contributed by atoms with van der Waals surface area (Å²) in [4.78, 5) is 0. The second-order valence-corrected chi connectivity index (χ2v) is 17.7. The average Bonchev–Trinajstić information content (AvgIpc) is 3.36. The highest BCUT2D eigenvalue weighted by atomic mass is 16.5. The van der Waals surface area contributed by atoms with Crippen LogP contribution in [0.5, 0.6) is 34.5 Å². The molecule has 0 saturated heterocycles. The van der Waals surface area contributed by atoms with Crippen LogP contribution in [0.3, 0.4) is 0 Å². The first kappa shape index (κ1) is 50.4. The van der Waals surface area contributed by atoms with Crippen LogP contribution >= 0.6 is 0 Å². The van der Waals surface area contributed by atoms with E-state index in [2.05, 4.69) is 24.3 Å². The van der Waals surface area contributed by atoms with Crippen LogP contribution in [0.1, 0.15) is 69.5 Å². The lowest BCUT2D eigenvalue weighted by Crippen LogP contribution is -2.17. The van der Waals surface area contributed by atoms with Gasteiger partial charge >= 0.3 is 0 Å². The molecule has 8 aromatic rings. The van der Waals surface area contributed by atoms with Crippen LogP contribution in [0.2, 0.25) is 0 Å². The standard InChI is InChI=1S/C44H40O6.2C9H13N/c45-43-35-15-9-16-36(43)28-32-12-2-7-21-41(32)49-25-26-50-42-22-8-4-14-34(42)30-38-18-10-17-37(44(38)46)29-33-13-3-6-20-40(33)48-24-23-47-39-19-5-1-11-31(39)27-35;2*1-8(10)7-9-5-3-2-4-6-9/h1-22,45-46H,23-30H2;2*2-6,8H,7,10H2,1H3/t;2*8-/m.10/s1. The molecule has 9 rings (SSSR count). The molecule has 1 aliphatic rings. The Bertz CT molecular complexity index is 2500. The van der Waals surface area contributed by atoms with E-state index in [4.69, 9.17) is 30.4 Å². The molecule has 1 aliphatic heterocycles. The maximum atomic E-state index is 11.4. The summed E-state index contributed by atoms with van der Waals surface area (Å²) < 4.78 is 24.9. The summed E-state index contributed by atoms with van der Waals surface area (Å²) in [7, 11) is 0. The van der Waals surface area contributed by atoms with Crippen molar-refractivity contribution < 1.29 is 29.2 Å². The van der Waals surface area contributed by atoms with Crippen LogP contribution in [0.15, 0.2) is 194 Å². The van der Waals surface area contributed by atoms with Gasteiger partial charge in [0.25, 0.3) is 0 Å². The predicted octanol–water partition coefficient (Wildman–Crippen LogP) is 11.8. The Labute approximate surface area is 414 Å². The average molecular weight is 935 g/mol. The molecule has 0 aliphatic carbocycles. The van der Waals surface area contributed by atoms with Crippen LogP contribution in [-0.2, 0) is 38.5 Å². The molecule has 8 heteroatoms. The van der Waals surface area contributed by atoms with Crippen molar-refractivity contribution in [2.75, 3.05) is 26.4 Å². The maximum absolute atomic E-state index is 11.4. The maximum Gasteiger partial charge on any atom is 0.123 e. The van der Waals surface area contributed by atoms with Gasteiger partial charge in [0.1, 0.15) is 60.9 Å². The Hall–Kier alpha value is -7.52. The Kier molecular flexibility index (Phi) is 18.9. The molecular formula is C62H66N2O6. The fraction of sp³-hybridized carbons (Fsp3) is 0.226. The number of para-hydroxylation sites is 6. The summed E-state index contributed by atoms with van der Waals surface area (Å²) in [5.41, 5.74) is 21.1. The van der Waals surface area contributed by atoms with Gasteiger partial charge in [-0.2, -0.15) is 0 Å². The summed E-state index contributed by atoms with van der Waals surface area (Å²) in [5.74, 6) is 3.54. The van der Waals surface area contributed by atoms with E-state index in [0.717, 1.165) is 80.3 Å². The fourth-order valence-corrected chi connectivity index (χ4v) is 8.42. The van der Waals surface area contributed by atoms with Crippen LogP contribution < -0.4 is 30.4 Å². The molecule has 0 amide bonds. The normalized spacial score (nSPS) is 13.5. The molecule has 8 nitrogen and oxygen atoms in total. The molecular weight excluding hydrogens is 869 g/mol. The lowest BCUT2D eigenvalue weighted by molar-refractivity contribution is 0.215. The molecule has 0 fully saturated rings. The molecule has 6 N–H and O–H groups in total. The van der Waals surface area contributed by atoms with E-state index < -0.39 is 0 Å². The first-order valence-corrected chi connectivity index (χ1v) is 24.2. The number of hydrogen-bond acceptors (Lipinski definition) is 8. The highest BCUT2D eigenvalue weighted by molar-refractivity contribution is 5.50. The molecule has 1 heterocycles. The van der Waals surface area contributed by atoms with E-state index in [1.54, 1.807) is 0 Å². The summed E-state index contributed by atoms with van der Waals surface area (Å²) in [6, 6.07) is 64.5.